The Kier molecular flexibility index (Phi) is 4.66. The van der Waals surface area contributed by atoms with Crippen LogP contribution in [0, 0.1) is 12.7 Å². The number of aromatic nitrogens is 2. The van der Waals surface area contributed by atoms with Gasteiger partial charge in [0, 0.05) is 12.1 Å². The Bertz CT molecular complexity index is 1000. The molecule has 4 rings (SSSR count). The Morgan fingerprint density at radius 3 is 2.96 bits per heavy atom. The maximum Gasteiger partial charge on any atom is 0.256 e. The van der Waals surface area contributed by atoms with Crippen molar-refractivity contribution in [1.82, 2.24) is 15.0 Å². The van der Waals surface area contributed by atoms with E-state index in [1.807, 2.05) is 31.2 Å². The first-order valence-electron chi connectivity index (χ1n) is 8.69. The van der Waals surface area contributed by atoms with Crippen molar-refractivity contribution >= 4 is 17.5 Å². The van der Waals surface area contributed by atoms with E-state index in [0.29, 0.717) is 24.7 Å². The summed E-state index contributed by atoms with van der Waals surface area (Å²) >= 11 is 6.10. The van der Waals surface area contributed by atoms with Crippen LogP contribution in [-0.4, -0.2) is 27.5 Å². The highest BCUT2D eigenvalue weighted by Gasteiger charge is 2.35. The molecule has 1 fully saturated rings. The number of halogens is 2. The van der Waals surface area contributed by atoms with Crippen molar-refractivity contribution in [3.63, 3.8) is 0 Å². The standard InChI is InChI=1S/C20H17ClFN3O2/c1-12-4-2-5-13(10-12)18-23-19(27-24-18)17-6-3-9-25(17)20(26)15-11-14(22)7-8-16(15)21/h2,4-5,7-8,10-11,17H,3,6,9H2,1H3/t17-/m1/s1. The van der Waals surface area contributed by atoms with E-state index in [9.17, 15) is 9.18 Å². The van der Waals surface area contributed by atoms with E-state index >= 15 is 0 Å². The fourth-order valence-electron chi connectivity index (χ4n) is 3.35. The fourth-order valence-corrected chi connectivity index (χ4v) is 3.55. The molecule has 0 bridgehead atoms. The van der Waals surface area contributed by atoms with Crippen molar-refractivity contribution in [2.24, 2.45) is 0 Å². The Labute approximate surface area is 160 Å². The van der Waals surface area contributed by atoms with Crippen molar-refractivity contribution in [2.45, 2.75) is 25.8 Å². The van der Waals surface area contributed by atoms with Crippen molar-refractivity contribution in [3.8, 4) is 11.4 Å². The molecule has 1 aromatic heterocycles. The second kappa shape index (κ2) is 7.12. The number of rotatable bonds is 3. The molecule has 2 heterocycles. The first-order valence-corrected chi connectivity index (χ1v) is 9.07. The SMILES string of the molecule is Cc1cccc(-c2noc([C@H]3CCCN3C(=O)c3cc(F)ccc3Cl)n2)c1. The number of carbonyl (C=O) groups excluding carboxylic acids is 1. The average Bonchev–Trinajstić information content (AvgIpc) is 3.32. The third-order valence-electron chi connectivity index (χ3n) is 4.68. The molecule has 27 heavy (non-hydrogen) atoms. The molecule has 0 N–H and O–H groups in total. The minimum absolute atomic E-state index is 0.141. The lowest BCUT2D eigenvalue weighted by atomic mass is 10.1. The van der Waals surface area contributed by atoms with E-state index in [4.69, 9.17) is 16.1 Å². The average molecular weight is 386 g/mol. The van der Waals surface area contributed by atoms with Crippen LogP contribution in [0.4, 0.5) is 4.39 Å². The van der Waals surface area contributed by atoms with Crippen LogP contribution in [-0.2, 0) is 0 Å². The summed E-state index contributed by atoms with van der Waals surface area (Å²) in [6.45, 7) is 2.52. The van der Waals surface area contributed by atoms with Crippen LogP contribution >= 0.6 is 11.6 Å². The van der Waals surface area contributed by atoms with Gasteiger partial charge in [-0.15, -0.1) is 0 Å². The highest BCUT2D eigenvalue weighted by molar-refractivity contribution is 6.33. The molecular formula is C20H17ClFN3O2. The molecule has 7 heteroatoms. The minimum atomic E-state index is -0.502. The van der Waals surface area contributed by atoms with Gasteiger partial charge in [-0.05, 0) is 44.0 Å². The molecule has 5 nitrogen and oxygen atoms in total. The number of hydrogen-bond acceptors (Lipinski definition) is 4. The first kappa shape index (κ1) is 17.7. The molecule has 1 saturated heterocycles. The Balaban J connectivity index is 1.62. The highest BCUT2D eigenvalue weighted by Crippen LogP contribution is 2.34. The monoisotopic (exact) mass is 385 g/mol. The molecule has 1 aliphatic heterocycles. The van der Waals surface area contributed by atoms with Gasteiger partial charge in [0.05, 0.1) is 10.6 Å². The zero-order valence-electron chi connectivity index (χ0n) is 14.7. The van der Waals surface area contributed by atoms with Gasteiger partial charge in [-0.25, -0.2) is 4.39 Å². The van der Waals surface area contributed by atoms with Gasteiger partial charge in [0.1, 0.15) is 11.9 Å². The summed E-state index contributed by atoms with van der Waals surface area (Å²) in [7, 11) is 0. The van der Waals surface area contributed by atoms with Gasteiger partial charge in [-0.3, -0.25) is 4.79 Å². The molecule has 1 atom stereocenters. The predicted octanol–water partition coefficient (Wildman–Crippen LogP) is 4.81. The fraction of sp³-hybridized carbons (Fsp3) is 0.250. The number of amides is 1. The molecule has 1 amide bonds. The molecule has 0 aliphatic carbocycles. The van der Waals surface area contributed by atoms with E-state index < -0.39 is 5.82 Å². The number of aryl methyl sites for hydroxylation is 1. The summed E-state index contributed by atoms with van der Waals surface area (Å²) in [5.41, 5.74) is 2.09. The summed E-state index contributed by atoms with van der Waals surface area (Å²) in [6.07, 6.45) is 1.50. The minimum Gasteiger partial charge on any atom is -0.337 e. The molecule has 0 radical (unpaired) electrons. The zero-order valence-corrected chi connectivity index (χ0v) is 15.4. The summed E-state index contributed by atoms with van der Waals surface area (Å²) in [6, 6.07) is 11.2. The number of carbonyl (C=O) groups is 1. The lowest BCUT2D eigenvalue weighted by Gasteiger charge is -2.22. The topological polar surface area (TPSA) is 59.2 Å². The molecule has 1 aliphatic rings. The van der Waals surface area contributed by atoms with E-state index in [1.165, 1.54) is 12.1 Å². The summed E-state index contributed by atoms with van der Waals surface area (Å²) < 4.78 is 19.0. The Morgan fingerprint density at radius 1 is 1.30 bits per heavy atom. The zero-order chi connectivity index (χ0) is 19.0. The van der Waals surface area contributed by atoms with Crippen molar-refractivity contribution in [2.75, 3.05) is 6.54 Å². The van der Waals surface area contributed by atoms with Gasteiger partial charge >= 0.3 is 0 Å². The number of benzene rings is 2. The van der Waals surface area contributed by atoms with Crippen LogP contribution in [0.2, 0.25) is 5.02 Å². The van der Waals surface area contributed by atoms with Crippen LogP contribution in [0.25, 0.3) is 11.4 Å². The smallest absolute Gasteiger partial charge is 0.256 e. The van der Waals surface area contributed by atoms with Crippen molar-refractivity contribution < 1.29 is 13.7 Å². The second-order valence-corrected chi connectivity index (χ2v) is 7.01. The molecule has 0 unspecified atom stereocenters. The van der Waals surface area contributed by atoms with Gasteiger partial charge < -0.3 is 9.42 Å². The van der Waals surface area contributed by atoms with Crippen LogP contribution < -0.4 is 0 Å². The Morgan fingerprint density at radius 2 is 2.15 bits per heavy atom. The predicted molar refractivity (Wildman–Crippen MR) is 98.9 cm³/mol. The van der Waals surface area contributed by atoms with Gasteiger partial charge in [0.2, 0.25) is 11.7 Å². The summed E-state index contributed by atoms with van der Waals surface area (Å²) in [5.74, 6) is 0.0250. The normalized spacial score (nSPS) is 16.7. The van der Waals surface area contributed by atoms with Crippen LogP contribution in [0.5, 0.6) is 0 Å². The summed E-state index contributed by atoms with van der Waals surface area (Å²) in [5, 5.41) is 4.28. The summed E-state index contributed by atoms with van der Waals surface area (Å²) in [4.78, 5) is 19.0. The largest absolute Gasteiger partial charge is 0.337 e. The molecular weight excluding hydrogens is 369 g/mol. The van der Waals surface area contributed by atoms with Crippen LogP contribution in [0.1, 0.15) is 40.7 Å². The molecule has 2 aromatic carbocycles. The molecule has 138 valence electrons. The van der Waals surface area contributed by atoms with Gasteiger partial charge in [0.15, 0.2) is 0 Å². The lowest BCUT2D eigenvalue weighted by Crippen LogP contribution is -2.31. The number of likely N-dealkylation sites (tertiary alicyclic amines) is 1. The van der Waals surface area contributed by atoms with E-state index in [1.54, 1.807) is 4.90 Å². The van der Waals surface area contributed by atoms with E-state index in [-0.39, 0.29) is 22.5 Å². The van der Waals surface area contributed by atoms with E-state index in [2.05, 4.69) is 10.1 Å². The van der Waals surface area contributed by atoms with Crippen molar-refractivity contribution in [1.29, 1.82) is 0 Å². The van der Waals surface area contributed by atoms with Gasteiger partial charge in [-0.2, -0.15) is 4.98 Å². The van der Waals surface area contributed by atoms with Crippen LogP contribution in [0.3, 0.4) is 0 Å². The maximum atomic E-state index is 13.6. The molecule has 0 spiro atoms. The van der Waals surface area contributed by atoms with Gasteiger partial charge in [-0.1, -0.05) is 40.5 Å². The second-order valence-electron chi connectivity index (χ2n) is 6.61. The highest BCUT2D eigenvalue weighted by atomic mass is 35.5. The maximum absolute atomic E-state index is 13.6. The first-order chi connectivity index (χ1) is 13.0. The Hall–Kier alpha value is -2.73. The number of hydrogen-bond donors (Lipinski definition) is 0. The third-order valence-corrected chi connectivity index (χ3v) is 5.01. The third kappa shape index (κ3) is 3.45. The number of nitrogens with zero attached hydrogens (tertiary/aromatic N) is 3. The van der Waals surface area contributed by atoms with Gasteiger partial charge in [0.25, 0.3) is 5.91 Å². The van der Waals surface area contributed by atoms with E-state index in [0.717, 1.165) is 23.6 Å². The molecule has 3 aromatic rings. The van der Waals surface area contributed by atoms with Crippen molar-refractivity contribution in [3.05, 3.63) is 70.3 Å². The molecule has 0 saturated carbocycles. The quantitative estimate of drug-likeness (QED) is 0.648. The lowest BCUT2D eigenvalue weighted by molar-refractivity contribution is 0.0710. The van der Waals surface area contributed by atoms with Crippen LogP contribution in [0.15, 0.2) is 47.0 Å².